The first kappa shape index (κ1) is 13.4. The van der Waals surface area contributed by atoms with Crippen molar-refractivity contribution in [2.45, 2.75) is 37.7 Å². The zero-order valence-corrected chi connectivity index (χ0v) is 11.0. The SMILES string of the molecule is COc1ccc(C(CN)C(O)C2CCCC2)cc1. The van der Waals surface area contributed by atoms with Crippen molar-refractivity contribution in [3.63, 3.8) is 0 Å². The van der Waals surface area contributed by atoms with Crippen LogP contribution in [0.3, 0.4) is 0 Å². The molecule has 1 aliphatic carbocycles. The summed E-state index contributed by atoms with van der Waals surface area (Å²) in [5.74, 6) is 1.30. The summed E-state index contributed by atoms with van der Waals surface area (Å²) in [4.78, 5) is 0. The van der Waals surface area contributed by atoms with Gasteiger partial charge in [0.2, 0.25) is 0 Å². The molecule has 100 valence electrons. The maximum atomic E-state index is 10.5. The number of hydrogen-bond acceptors (Lipinski definition) is 3. The van der Waals surface area contributed by atoms with Gasteiger partial charge in [0.15, 0.2) is 0 Å². The third-order valence-corrected chi connectivity index (χ3v) is 4.09. The molecule has 0 spiro atoms. The third kappa shape index (κ3) is 2.85. The van der Waals surface area contributed by atoms with Crippen molar-refractivity contribution in [3.8, 4) is 5.75 Å². The van der Waals surface area contributed by atoms with Gasteiger partial charge in [-0.2, -0.15) is 0 Å². The minimum atomic E-state index is -0.314. The first-order valence-electron chi connectivity index (χ1n) is 6.78. The van der Waals surface area contributed by atoms with E-state index in [2.05, 4.69) is 0 Å². The molecule has 3 heteroatoms. The summed E-state index contributed by atoms with van der Waals surface area (Å²) in [5, 5.41) is 10.5. The average Bonchev–Trinajstić information content (AvgIpc) is 2.94. The maximum absolute atomic E-state index is 10.5. The third-order valence-electron chi connectivity index (χ3n) is 4.09. The van der Waals surface area contributed by atoms with Crippen LogP contribution in [0.25, 0.3) is 0 Å². The number of nitrogens with two attached hydrogens (primary N) is 1. The van der Waals surface area contributed by atoms with Crippen LogP contribution in [0.1, 0.15) is 37.2 Å². The Bertz CT molecular complexity index is 357. The Morgan fingerprint density at radius 2 is 1.89 bits per heavy atom. The number of rotatable bonds is 5. The molecule has 0 aromatic heterocycles. The molecule has 1 aromatic carbocycles. The highest BCUT2D eigenvalue weighted by Crippen LogP contribution is 2.34. The van der Waals surface area contributed by atoms with Gasteiger partial charge in [-0.25, -0.2) is 0 Å². The minimum Gasteiger partial charge on any atom is -0.497 e. The summed E-state index contributed by atoms with van der Waals surface area (Å²) in [7, 11) is 1.66. The van der Waals surface area contributed by atoms with Crippen LogP contribution in [0.2, 0.25) is 0 Å². The molecule has 1 aliphatic rings. The first-order chi connectivity index (χ1) is 8.76. The molecule has 18 heavy (non-hydrogen) atoms. The molecule has 0 saturated heterocycles. The zero-order valence-electron chi connectivity index (χ0n) is 11.0. The lowest BCUT2D eigenvalue weighted by Gasteiger charge is -2.27. The summed E-state index contributed by atoms with van der Waals surface area (Å²) < 4.78 is 5.15. The minimum absolute atomic E-state index is 0.0407. The Hall–Kier alpha value is -1.06. The Kier molecular flexibility index (Phi) is 4.61. The van der Waals surface area contributed by atoms with E-state index in [-0.39, 0.29) is 12.0 Å². The van der Waals surface area contributed by atoms with Gasteiger partial charge in [-0.15, -0.1) is 0 Å². The van der Waals surface area contributed by atoms with Gasteiger partial charge in [0.25, 0.3) is 0 Å². The zero-order chi connectivity index (χ0) is 13.0. The fraction of sp³-hybridized carbons (Fsp3) is 0.600. The smallest absolute Gasteiger partial charge is 0.118 e. The van der Waals surface area contributed by atoms with Gasteiger partial charge >= 0.3 is 0 Å². The van der Waals surface area contributed by atoms with Crippen molar-refractivity contribution in [3.05, 3.63) is 29.8 Å². The topological polar surface area (TPSA) is 55.5 Å². The fourth-order valence-corrected chi connectivity index (χ4v) is 2.95. The normalized spacial score (nSPS) is 19.7. The summed E-state index contributed by atoms with van der Waals surface area (Å²) in [5.41, 5.74) is 6.96. The second-order valence-corrected chi connectivity index (χ2v) is 5.15. The molecule has 0 aliphatic heterocycles. The number of aliphatic hydroxyl groups excluding tert-OH is 1. The van der Waals surface area contributed by atoms with E-state index in [0.29, 0.717) is 12.5 Å². The molecule has 0 heterocycles. The second-order valence-electron chi connectivity index (χ2n) is 5.15. The van der Waals surface area contributed by atoms with E-state index in [1.54, 1.807) is 7.11 Å². The second kappa shape index (κ2) is 6.21. The Morgan fingerprint density at radius 1 is 1.28 bits per heavy atom. The molecule has 1 saturated carbocycles. The van der Waals surface area contributed by atoms with Gasteiger partial charge in [-0.3, -0.25) is 0 Å². The standard InChI is InChI=1S/C15H23NO2/c1-18-13-8-6-11(7-9-13)14(10-16)15(17)12-4-2-3-5-12/h6-9,12,14-15,17H,2-5,10,16H2,1H3. The van der Waals surface area contributed by atoms with Crippen LogP contribution in [0, 0.1) is 5.92 Å². The van der Waals surface area contributed by atoms with Crippen molar-refractivity contribution < 1.29 is 9.84 Å². The van der Waals surface area contributed by atoms with Crippen LogP contribution in [0.4, 0.5) is 0 Å². The monoisotopic (exact) mass is 249 g/mol. The van der Waals surface area contributed by atoms with Crippen LogP contribution >= 0.6 is 0 Å². The molecular weight excluding hydrogens is 226 g/mol. The van der Waals surface area contributed by atoms with E-state index >= 15 is 0 Å². The van der Waals surface area contributed by atoms with Gasteiger partial charge in [-0.1, -0.05) is 25.0 Å². The number of methoxy groups -OCH3 is 1. The van der Waals surface area contributed by atoms with Crippen LogP contribution in [-0.2, 0) is 0 Å². The van der Waals surface area contributed by atoms with Crippen molar-refractivity contribution in [2.24, 2.45) is 11.7 Å². The Morgan fingerprint density at radius 3 is 2.39 bits per heavy atom. The molecule has 0 amide bonds. The lowest BCUT2D eigenvalue weighted by molar-refractivity contribution is 0.0851. The van der Waals surface area contributed by atoms with Crippen LogP contribution in [0.5, 0.6) is 5.75 Å². The lowest BCUT2D eigenvalue weighted by atomic mass is 9.85. The molecule has 0 bridgehead atoms. The molecule has 2 rings (SSSR count). The van der Waals surface area contributed by atoms with Gasteiger partial charge < -0.3 is 15.6 Å². The van der Waals surface area contributed by atoms with Crippen molar-refractivity contribution in [1.29, 1.82) is 0 Å². The lowest BCUT2D eigenvalue weighted by Crippen LogP contribution is -2.31. The van der Waals surface area contributed by atoms with Crippen LogP contribution < -0.4 is 10.5 Å². The highest BCUT2D eigenvalue weighted by molar-refractivity contribution is 5.30. The summed E-state index contributed by atoms with van der Waals surface area (Å²) >= 11 is 0. The summed E-state index contributed by atoms with van der Waals surface area (Å²) in [6.07, 6.45) is 4.43. The maximum Gasteiger partial charge on any atom is 0.118 e. The van der Waals surface area contributed by atoms with Crippen molar-refractivity contribution in [2.75, 3.05) is 13.7 Å². The molecule has 3 N–H and O–H groups in total. The van der Waals surface area contributed by atoms with E-state index < -0.39 is 0 Å². The molecular formula is C15H23NO2. The number of ether oxygens (including phenoxy) is 1. The summed E-state index contributed by atoms with van der Waals surface area (Å²) in [6.45, 7) is 0.490. The highest BCUT2D eigenvalue weighted by Gasteiger charge is 2.30. The van der Waals surface area contributed by atoms with Crippen LogP contribution in [0.15, 0.2) is 24.3 Å². The number of benzene rings is 1. The summed E-state index contributed by atoms with van der Waals surface area (Å²) in [6, 6.07) is 7.88. The average molecular weight is 249 g/mol. The van der Waals surface area contributed by atoms with Gasteiger partial charge in [0.05, 0.1) is 13.2 Å². The number of aliphatic hydroxyl groups is 1. The van der Waals surface area contributed by atoms with Crippen LogP contribution in [-0.4, -0.2) is 24.9 Å². The van der Waals surface area contributed by atoms with Gasteiger partial charge in [-0.05, 0) is 36.5 Å². The highest BCUT2D eigenvalue weighted by atomic mass is 16.5. The van der Waals surface area contributed by atoms with Crippen molar-refractivity contribution >= 4 is 0 Å². The molecule has 1 fully saturated rings. The van der Waals surface area contributed by atoms with E-state index in [0.717, 1.165) is 24.2 Å². The molecule has 3 nitrogen and oxygen atoms in total. The molecule has 2 unspecified atom stereocenters. The predicted octanol–water partition coefficient (Wildman–Crippen LogP) is 2.29. The molecule has 0 radical (unpaired) electrons. The van der Waals surface area contributed by atoms with E-state index in [4.69, 9.17) is 10.5 Å². The van der Waals surface area contributed by atoms with Gasteiger partial charge in [0.1, 0.15) is 5.75 Å². The van der Waals surface area contributed by atoms with E-state index in [9.17, 15) is 5.11 Å². The van der Waals surface area contributed by atoms with Gasteiger partial charge in [0, 0.05) is 12.5 Å². The Labute approximate surface area is 109 Å². The fourth-order valence-electron chi connectivity index (χ4n) is 2.95. The number of hydrogen-bond donors (Lipinski definition) is 2. The quantitative estimate of drug-likeness (QED) is 0.841. The largest absolute Gasteiger partial charge is 0.497 e. The molecule has 2 atom stereocenters. The molecule has 1 aromatic rings. The van der Waals surface area contributed by atoms with Crippen molar-refractivity contribution in [1.82, 2.24) is 0 Å². The van der Waals surface area contributed by atoms with E-state index in [1.165, 1.54) is 12.8 Å². The first-order valence-corrected chi connectivity index (χ1v) is 6.78. The predicted molar refractivity (Wildman–Crippen MR) is 72.8 cm³/mol. The Balaban J connectivity index is 2.10. The van der Waals surface area contributed by atoms with E-state index in [1.807, 2.05) is 24.3 Å².